The van der Waals surface area contributed by atoms with Crippen LogP contribution in [0, 0.1) is 0 Å². The summed E-state index contributed by atoms with van der Waals surface area (Å²) in [5.74, 6) is -0.403. The van der Waals surface area contributed by atoms with Crippen molar-refractivity contribution in [3.63, 3.8) is 0 Å². The second-order valence-electron chi connectivity index (χ2n) is 6.34. The SMILES string of the molecule is COC1CCN(c2ccc(C=C3C(=O)ON=C3c3ccccc3)s2)CC1. The molecule has 0 amide bonds. The molecule has 2 aliphatic rings. The lowest BCUT2D eigenvalue weighted by atomic mass is 10.0. The number of hydrogen-bond donors (Lipinski definition) is 0. The quantitative estimate of drug-likeness (QED) is 0.610. The highest BCUT2D eigenvalue weighted by atomic mass is 32.1. The zero-order valence-electron chi connectivity index (χ0n) is 14.6. The number of ether oxygens (including phenoxy) is 1. The van der Waals surface area contributed by atoms with E-state index in [1.165, 1.54) is 5.00 Å². The van der Waals surface area contributed by atoms with Gasteiger partial charge in [-0.25, -0.2) is 4.79 Å². The smallest absolute Gasteiger partial charge is 0.368 e. The average Bonchev–Trinajstić information content (AvgIpc) is 3.30. The summed E-state index contributed by atoms with van der Waals surface area (Å²) < 4.78 is 5.44. The molecule has 0 spiro atoms. The molecule has 1 saturated heterocycles. The molecule has 0 N–H and O–H groups in total. The minimum Gasteiger partial charge on any atom is -0.381 e. The molecule has 0 aliphatic carbocycles. The van der Waals surface area contributed by atoms with E-state index in [4.69, 9.17) is 9.57 Å². The first-order valence-corrected chi connectivity index (χ1v) is 9.50. The predicted molar refractivity (Wildman–Crippen MR) is 104 cm³/mol. The van der Waals surface area contributed by atoms with Gasteiger partial charge >= 0.3 is 5.97 Å². The predicted octanol–water partition coefficient (Wildman–Crippen LogP) is 3.71. The van der Waals surface area contributed by atoms with Gasteiger partial charge in [0.1, 0.15) is 5.71 Å². The van der Waals surface area contributed by atoms with E-state index in [2.05, 4.69) is 16.1 Å². The van der Waals surface area contributed by atoms with Gasteiger partial charge in [0, 0.05) is 30.6 Å². The standard InChI is InChI=1S/C20H20N2O3S/c1-24-15-9-11-22(12-10-15)18-8-7-16(26-18)13-17-19(21-25-20(17)23)14-5-3-2-4-6-14/h2-8,13,15H,9-12H2,1H3. The van der Waals surface area contributed by atoms with Gasteiger partial charge in [0.05, 0.1) is 16.7 Å². The molecule has 0 radical (unpaired) electrons. The highest BCUT2D eigenvalue weighted by molar-refractivity contribution is 7.17. The lowest BCUT2D eigenvalue weighted by Gasteiger charge is -2.31. The van der Waals surface area contributed by atoms with Gasteiger partial charge < -0.3 is 14.5 Å². The maximum atomic E-state index is 12.1. The second kappa shape index (κ2) is 7.43. The molecule has 2 aliphatic heterocycles. The normalized spacial score (nSPS) is 19.7. The topological polar surface area (TPSA) is 51.1 Å². The van der Waals surface area contributed by atoms with Crippen molar-refractivity contribution in [1.29, 1.82) is 0 Å². The Labute approximate surface area is 156 Å². The van der Waals surface area contributed by atoms with E-state index in [1.54, 1.807) is 18.4 Å². The van der Waals surface area contributed by atoms with Gasteiger partial charge in [-0.15, -0.1) is 11.3 Å². The Bertz CT molecular complexity index is 849. The number of nitrogens with zero attached hydrogens (tertiary/aromatic N) is 2. The van der Waals surface area contributed by atoms with Crippen molar-refractivity contribution in [2.75, 3.05) is 25.1 Å². The minimum atomic E-state index is -0.403. The minimum absolute atomic E-state index is 0.366. The number of thiophene rings is 1. The van der Waals surface area contributed by atoms with Crippen LogP contribution in [0.4, 0.5) is 5.00 Å². The molecule has 4 rings (SSSR count). The highest BCUT2D eigenvalue weighted by Crippen LogP contribution is 2.31. The molecule has 5 nitrogen and oxygen atoms in total. The Morgan fingerprint density at radius 1 is 1.19 bits per heavy atom. The third-order valence-electron chi connectivity index (χ3n) is 4.73. The van der Waals surface area contributed by atoms with Crippen LogP contribution in [0.15, 0.2) is 53.2 Å². The number of anilines is 1. The van der Waals surface area contributed by atoms with Crippen molar-refractivity contribution in [2.45, 2.75) is 18.9 Å². The molecule has 134 valence electrons. The van der Waals surface area contributed by atoms with E-state index in [0.29, 0.717) is 17.4 Å². The summed E-state index contributed by atoms with van der Waals surface area (Å²) in [5, 5.41) is 5.18. The number of carbonyl (C=O) groups excluding carboxylic acids is 1. The van der Waals surface area contributed by atoms with Gasteiger partial charge in [0.15, 0.2) is 0 Å². The summed E-state index contributed by atoms with van der Waals surface area (Å²) in [5.41, 5.74) is 1.97. The maximum Gasteiger partial charge on any atom is 0.368 e. The molecule has 1 aromatic heterocycles. The number of piperidine rings is 1. The average molecular weight is 368 g/mol. The number of benzene rings is 1. The van der Waals surface area contributed by atoms with Crippen molar-refractivity contribution in [1.82, 2.24) is 0 Å². The third kappa shape index (κ3) is 3.43. The van der Waals surface area contributed by atoms with E-state index < -0.39 is 5.97 Å². The molecule has 26 heavy (non-hydrogen) atoms. The van der Waals surface area contributed by atoms with Crippen molar-refractivity contribution in [3.05, 3.63) is 58.5 Å². The molecule has 3 heterocycles. The fraction of sp³-hybridized carbons (Fsp3) is 0.300. The first kappa shape index (κ1) is 17.0. The van der Waals surface area contributed by atoms with Gasteiger partial charge in [-0.3, -0.25) is 0 Å². The van der Waals surface area contributed by atoms with Crippen molar-refractivity contribution in [2.24, 2.45) is 5.16 Å². The summed E-state index contributed by atoms with van der Waals surface area (Å²) in [6, 6.07) is 13.8. The Hall–Kier alpha value is -2.44. The van der Waals surface area contributed by atoms with Crippen LogP contribution in [0.2, 0.25) is 0 Å². The van der Waals surface area contributed by atoms with Gasteiger partial charge in [-0.05, 0) is 31.1 Å². The molecule has 6 heteroatoms. The zero-order chi connectivity index (χ0) is 17.9. The van der Waals surface area contributed by atoms with Crippen LogP contribution in [0.1, 0.15) is 23.3 Å². The molecule has 1 aromatic carbocycles. The van der Waals surface area contributed by atoms with Crippen molar-refractivity contribution >= 4 is 34.1 Å². The van der Waals surface area contributed by atoms with E-state index in [9.17, 15) is 4.79 Å². The molecule has 0 atom stereocenters. The molecule has 1 fully saturated rings. The van der Waals surface area contributed by atoms with Gasteiger partial charge in [-0.1, -0.05) is 35.5 Å². The second-order valence-corrected chi connectivity index (χ2v) is 7.43. The monoisotopic (exact) mass is 368 g/mol. The van der Waals surface area contributed by atoms with Crippen LogP contribution in [0.3, 0.4) is 0 Å². The van der Waals surface area contributed by atoms with Crippen molar-refractivity contribution in [3.8, 4) is 0 Å². The molecule has 0 saturated carbocycles. The maximum absolute atomic E-state index is 12.1. The van der Waals surface area contributed by atoms with Crippen LogP contribution in [0.25, 0.3) is 6.08 Å². The number of carbonyl (C=O) groups is 1. The summed E-state index contributed by atoms with van der Waals surface area (Å²) in [7, 11) is 1.78. The lowest BCUT2D eigenvalue weighted by molar-refractivity contribution is -0.136. The van der Waals surface area contributed by atoms with Crippen LogP contribution in [-0.2, 0) is 14.4 Å². The van der Waals surface area contributed by atoms with Crippen LogP contribution >= 0.6 is 11.3 Å². The Balaban J connectivity index is 1.54. The van der Waals surface area contributed by atoms with Gasteiger partial charge in [-0.2, -0.15) is 0 Å². The molecular weight excluding hydrogens is 348 g/mol. The Kier molecular flexibility index (Phi) is 4.86. The first-order chi connectivity index (χ1) is 12.7. The van der Waals surface area contributed by atoms with E-state index in [-0.39, 0.29) is 0 Å². The van der Waals surface area contributed by atoms with Crippen molar-refractivity contribution < 1.29 is 14.4 Å². The third-order valence-corrected chi connectivity index (χ3v) is 5.82. The number of rotatable bonds is 4. The van der Waals surface area contributed by atoms with Gasteiger partial charge in [0.25, 0.3) is 0 Å². The van der Waals surface area contributed by atoms with Crippen LogP contribution in [-0.4, -0.2) is 38.0 Å². The van der Waals surface area contributed by atoms with E-state index >= 15 is 0 Å². The fourth-order valence-corrected chi connectivity index (χ4v) is 4.26. The lowest BCUT2D eigenvalue weighted by Crippen LogP contribution is -2.36. The van der Waals surface area contributed by atoms with E-state index in [1.807, 2.05) is 42.5 Å². The van der Waals surface area contributed by atoms with E-state index in [0.717, 1.165) is 36.4 Å². The van der Waals surface area contributed by atoms with Crippen LogP contribution < -0.4 is 4.90 Å². The van der Waals surface area contributed by atoms with Crippen LogP contribution in [0.5, 0.6) is 0 Å². The molecule has 2 aromatic rings. The number of oxime groups is 1. The largest absolute Gasteiger partial charge is 0.381 e. The summed E-state index contributed by atoms with van der Waals surface area (Å²) in [4.78, 5) is 20.4. The fourth-order valence-electron chi connectivity index (χ4n) is 3.26. The highest BCUT2D eigenvalue weighted by Gasteiger charge is 2.27. The molecule has 0 unspecified atom stereocenters. The zero-order valence-corrected chi connectivity index (χ0v) is 15.4. The summed E-state index contributed by atoms with van der Waals surface area (Å²) >= 11 is 1.68. The Morgan fingerprint density at radius 3 is 2.69 bits per heavy atom. The summed E-state index contributed by atoms with van der Waals surface area (Å²) in [6.45, 7) is 1.99. The number of methoxy groups -OCH3 is 1. The summed E-state index contributed by atoms with van der Waals surface area (Å²) in [6.07, 6.45) is 4.33. The van der Waals surface area contributed by atoms with Gasteiger partial charge in [0.2, 0.25) is 0 Å². The first-order valence-electron chi connectivity index (χ1n) is 8.69. The molecular formula is C20H20N2O3S. The number of hydrogen-bond acceptors (Lipinski definition) is 6. The molecule has 0 bridgehead atoms. The Morgan fingerprint density at radius 2 is 1.96 bits per heavy atom.